The summed E-state index contributed by atoms with van der Waals surface area (Å²) in [7, 11) is 0. The fourth-order valence-corrected chi connectivity index (χ4v) is 3.23. The molecule has 0 saturated carbocycles. The van der Waals surface area contributed by atoms with Crippen molar-refractivity contribution in [2.45, 2.75) is 51.5 Å². The third-order valence-electron chi connectivity index (χ3n) is 4.48. The van der Waals surface area contributed by atoms with E-state index >= 15 is 0 Å². The van der Waals surface area contributed by atoms with Crippen molar-refractivity contribution in [2.24, 2.45) is 0 Å². The quantitative estimate of drug-likeness (QED) is 0.700. The maximum atomic E-state index is 3.64. The van der Waals surface area contributed by atoms with E-state index in [1.807, 2.05) is 0 Å². The molecular formula is C15H31N3. The minimum Gasteiger partial charge on any atom is -0.315 e. The van der Waals surface area contributed by atoms with Gasteiger partial charge in [-0.2, -0.15) is 0 Å². The van der Waals surface area contributed by atoms with E-state index in [-0.39, 0.29) is 0 Å². The van der Waals surface area contributed by atoms with E-state index in [2.05, 4.69) is 22.0 Å². The van der Waals surface area contributed by atoms with E-state index in [1.54, 1.807) is 0 Å². The summed E-state index contributed by atoms with van der Waals surface area (Å²) in [5, 5.41) is 3.64. The Labute approximate surface area is 113 Å². The van der Waals surface area contributed by atoms with Crippen molar-refractivity contribution < 1.29 is 0 Å². The van der Waals surface area contributed by atoms with Crippen LogP contribution in [0.1, 0.15) is 45.4 Å². The number of piperidine rings is 1. The molecule has 0 spiro atoms. The molecule has 1 N–H and O–H groups in total. The summed E-state index contributed by atoms with van der Waals surface area (Å²) in [6, 6.07) is 0.720. The lowest BCUT2D eigenvalue weighted by molar-refractivity contribution is 0.170. The maximum Gasteiger partial charge on any atom is 0.0192 e. The Morgan fingerprint density at radius 1 is 0.944 bits per heavy atom. The molecule has 0 amide bonds. The zero-order valence-electron chi connectivity index (χ0n) is 12.2. The molecular weight excluding hydrogens is 222 g/mol. The fraction of sp³-hybridized carbons (Fsp3) is 1.00. The van der Waals surface area contributed by atoms with Crippen LogP contribution in [0.25, 0.3) is 0 Å². The van der Waals surface area contributed by atoms with E-state index in [4.69, 9.17) is 0 Å². The Morgan fingerprint density at radius 2 is 1.61 bits per heavy atom. The lowest BCUT2D eigenvalue weighted by Gasteiger charge is -2.32. The zero-order valence-corrected chi connectivity index (χ0v) is 12.2. The van der Waals surface area contributed by atoms with Crippen LogP contribution in [0.4, 0.5) is 0 Å². The first-order valence-corrected chi connectivity index (χ1v) is 8.03. The van der Waals surface area contributed by atoms with Crippen LogP contribution < -0.4 is 5.32 Å². The standard InChI is InChI=1S/C15H31N3/c1-15(18-12-3-2-4-13-18)14-16-8-7-11-17-9-5-6-10-17/h15-16H,2-14H2,1H3. The van der Waals surface area contributed by atoms with Gasteiger partial charge in [-0.1, -0.05) is 6.42 Å². The van der Waals surface area contributed by atoms with Crippen molar-refractivity contribution in [1.82, 2.24) is 15.1 Å². The third-order valence-corrected chi connectivity index (χ3v) is 4.48. The predicted octanol–water partition coefficient (Wildman–Crippen LogP) is 1.94. The second-order valence-corrected chi connectivity index (χ2v) is 6.05. The topological polar surface area (TPSA) is 18.5 Å². The normalized spacial score (nSPS) is 24.5. The number of nitrogens with zero attached hydrogens (tertiary/aromatic N) is 2. The molecule has 0 radical (unpaired) electrons. The monoisotopic (exact) mass is 253 g/mol. The highest BCUT2D eigenvalue weighted by molar-refractivity contribution is 4.73. The average molecular weight is 253 g/mol. The van der Waals surface area contributed by atoms with Crippen LogP contribution in [0.3, 0.4) is 0 Å². The molecule has 106 valence electrons. The number of rotatable bonds is 7. The highest BCUT2D eigenvalue weighted by Crippen LogP contribution is 2.11. The minimum atomic E-state index is 0.720. The fourth-order valence-electron chi connectivity index (χ4n) is 3.23. The number of nitrogens with one attached hydrogen (secondary N) is 1. The van der Waals surface area contributed by atoms with Crippen molar-refractivity contribution in [3.63, 3.8) is 0 Å². The lowest BCUT2D eigenvalue weighted by Crippen LogP contribution is -2.43. The highest BCUT2D eigenvalue weighted by Gasteiger charge is 2.16. The number of hydrogen-bond acceptors (Lipinski definition) is 3. The molecule has 18 heavy (non-hydrogen) atoms. The molecule has 0 aromatic rings. The predicted molar refractivity (Wildman–Crippen MR) is 78.0 cm³/mol. The van der Waals surface area contributed by atoms with E-state index in [9.17, 15) is 0 Å². The molecule has 0 aromatic heterocycles. The molecule has 0 bridgehead atoms. The second kappa shape index (κ2) is 8.13. The summed E-state index contributed by atoms with van der Waals surface area (Å²) in [5.74, 6) is 0. The molecule has 1 unspecified atom stereocenters. The molecule has 2 rings (SSSR count). The molecule has 3 heteroatoms. The summed E-state index contributed by atoms with van der Waals surface area (Å²) in [5.41, 5.74) is 0. The SMILES string of the molecule is CC(CNCCCN1CCCC1)N1CCCCC1. The molecule has 3 nitrogen and oxygen atoms in total. The third kappa shape index (κ3) is 4.87. The molecule has 0 aromatic carbocycles. The second-order valence-electron chi connectivity index (χ2n) is 6.05. The molecule has 2 aliphatic rings. The van der Waals surface area contributed by atoms with Crippen LogP contribution in [-0.4, -0.2) is 61.7 Å². The molecule has 1 atom stereocenters. The molecule has 2 saturated heterocycles. The van der Waals surface area contributed by atoms with Gasteiger partial charge < -0.3 is 10.2 Å². The van der Waals surface area contributed by atoms with Gasteiger partial charge in [0.15, 0.2) is 0 Å². The summed E-state index contributed by atoms with van der Waals surface area (Å²) in [4.78, 5) is 5.26. The Balaban J connectivity index is 1.46. The summed E-state index contributed by atoms with van der Waals surface area (Å²) < 4.78 is 0. The van der Waals surface area contributed by atoms with Crippen LogP contribution in [0.15, 0.2) is 0 Å². The number of likely N-dealkylation sites (tertiary alicyclic amines) is 2. The van der Waals surface area contributed by atoms with Gasteiger partial charge in [0.1, 0.15) is 0 Å². The van der Waals surface area contributed by atoms with Gasteiger partial charge in [-0.3, -0.25) is 4.90 Å². The molecule has 0 aliphatic carbocycles. The Hall–Kier alpha value is -0.120. The summed E-state index contributed by atoms with van der Waals surface area (Å²) in [6.45, 7) is 11.3. The largest absolute Gasteiger partial charge is 0.315 e. The van der Waals surface area contributed by atoms with Gasteiger partial charge >= 0.3 is 0 Å². The van der Waals surface area contributed by atoms with Crippen molar-refractivity contribution in [1.29, 1.82) is 0 Å². The van der Waals surface area contributed by atoms with E-state index in [0.717, 1.165) is 6.04 Å². The van der Waals surface area contributed by atoms with Crippen molar-refractivity contribution >= 4 is 0 Å². The Morgan fingerprint density at radius 3 is 2.33 bits per heavy atom. The zero-order chi connectivity index (χ0) is 12.6. The van der Waals surface area contributed by atoms with Crippen LogP contribution >= 0.6 is 0 Å². The van der Waals surface area contributed by atoms with Crippen molar-refractivity contribution in [2.75, 3.05) is 45.8 Å². The van der Waals surface area contributed by atoms with Gasteiger partial charge in [0.2, 0.25) is 0 Å². The first kappa shape index (κ1) is 14.3. The average Bonchev–Trinajstić information content (AvgIpc) is 2.92. The molecule has 2 heterocycles. The van der Waals surface area contributed by atoms with Crippen LogP contribution in [0.5, 0.6) is 0 Å². The minimum absolute atomic E-state index is 0.720. The van der Waals surface area contributed by atoms with Gasteiger partial charge in [0.05, 0.1) is 0 Å². The van der Waals surface area contributed by atoms with Crippen LogP contribution in [0.2, 0.25) is 0 Å². The van der Waals surface area contributed by atoms with Gasteiger partial charge in [0.25, 0.3) is 0 Å². The van der Waals surface area contributed by atoms with Crippen LogP contribution in [0, 0.1) is 0 Å². The molecule has 2 fully saturated rings. The molecule has 2 aliphatic heterocycles. The van der Waals surface area contributed by atoms with Gasteiger partial charge in [-0.25, -0.2) is 0 Å². The Kier molecular flexibility index (Phi) is 6.46. The van der Waals surface area contributed by atoms with Crippen molar-refractivity contribution in [3.05, 3.63) is 0 Å². The summed E-state index contributed by atoms with van der Waals surface area (Å²) >= 11 is 0. The van der Waals surface area contributed by atoms with Gasteiger partial charge in [0, 0.05) is 12.6 Å². The maximum absolute atomic E-state index is 3.64. The van der Waals surface area contributed by atoms with E-state index in [0.29, 0.717) is 0 Å². The van der Waals surface area contributed by atoms with Crippen LogP contribution in [-0.2, 0) is 0 Å². The first-order valence-electron chi connectivity index (χ1n) is 8.03. The number of hydrogen-bond donors (Lipinski definition) is 1. The Bertz CT molecular complexity index is 208. The van der Waals surface area contributed by atoms with E-state index in [1.165, 1.54) is 84.3 Å². The smallest absolute Gasteiger partial charge is 0.0192 e. The van der Waals surface area contributed by atoms with Crippen molar-refractivity contribution in [3.8, 4) is 0 Å². The lowest BCUT2D eigenvalue weighted by atomic mass is 10.1. The first-order chi connectivity index (χ1) is 8.86. The highest BCUT2D eigenvalue weighted by atomic mass is 15.2. The summed E-state index contributed by atoms with van der Waals surface area (Å²) in [6.07, 6.45) is 8.39. The van der Waals surface area contributed by atoms with Gasteiger partial charge in [-0.15, -0.1) is 0 Å². The van der Waals surface area contributed by atoms with Gasteiger partial charge in [-0.05, 0) is 78.3 Å². The van der Waals surface area contributed by atoms with E-state index < -0.39 is 0 Å².